The highest BCUT2D eigenvalue weighted by atomic mass is 32.2. The molecule has 0 aliphatic carbocycles. The topological polar surface area (TPSA) is 76.0 Å². The molecule has 2 N–H and O–H groups in total. The van der Waals surface area contributed by atoms with Crippen molar-refractivity contribution in [3.05, 3.63) is 29.8 Å². The van der Waals surface area contributed by atoms with Gasteiger partial charge in [0.1, 0.15) is 0 Å². The van der Waals surface area contributed by atoms with E-state index < -0.39 is 9.84 Å². The molecule has 0 amide bonds. The molecule has 27 heavy (non-hydrogen) atoms. The second-order valence-corrected chi connectivity index (χ2v) is 9.66. The molecular weight excluding hydrogens is 360 g/mol. The molecule has 0 bridgehead atoms. The Labute approximate surface area is 160 Å². The van der Waals surface area contributed by atoms with Crippen LogP contribution in [0.5, 0.6) is 0 Å². The second-order valence-electron chi connectivity index (χ2n) is 7.73. The van der Waals surface area contributed by atoms with Crippen LogP contribution in [-0.2, 0) is 9.84 Å². The summed E-state index contributed by atoms with van der Waals surface area (Å²) in [6, 6.07) is 6.33. The van der Waals surface area contributed by atoms with E-state index in [0.29, 0.717) is 5.92 Å². The van der Waals surface area contributed by atoms with Crippen LogP contribution in [0, 0.1) is 5.92 Å². The van der Waals surface area contributed by atoms with Crippen LogP contribution in [0.3, 0.4) is 0 Å². The Morgan fingerprint density at radius 3 is 2.41 bits per heavy atom. The first-order valence-electron chi connectivity index (χ1n) is 9.84. The van der Waals surface area contributed by atoms with E-state index in [9.17, 15) is 8.42 Å². The van der Waals surface area contributed by atoms with Gasteiger partial charge in [-0.05, 0) is 75.5 Å². The van der Waals surface area contributed by atoms with Crippen LogP contribution in [-0.4, -0.2) is 50.6 Å². The summed E-state index contributed by atoms with van der Waals surface area (Å²) >= 11 is 0. The van der Waals surface area contributed by atoms with Crippen LogP contribution < -0.4 is 10.6 Å². The normalized spacial score (nSPS) is 20.6. The van der Waals surface area contributed by atoms with Crippen LogP contribution in [0.1, 0.15) is 37.3 Å². The summed E-state index contributed by atoms with van der Waals surface area (Å²) < 4.78 is 26.6. The molecule has 2 aromatic rings. The molecule has 2 saturated heterocycles. The summed E-state index contributed by atoms with van der Waals surface area (Å²) in [6.07, 6.45) is 9.89. The van der Waals surface area contributed by atoms with Gasteiger partial charge in [0, 0.05) is 11.6 Å². The quantitative estimate of drug-likeness (QED) is 0.841. The molecule has 0 atom stereocenters. The number of nitrogens with one attached hydrogen (secondary N) is 2. The standard InChI is InChI=1S/C20H28N4O2S/c1-27(25,26)20-18-14-16(3-2-15-6-10-21-11-7-15)4-5-19(18)24(23-20)17-8-12-22-13-9-17/h2-5,14-15,17,21-22H,6-13H2,1H3/b3-2-. The van der Waals surface area contributed by atoms with Gasteiger partial charge >= 0.3 is 0 Å². The Hall–Kier alpha value is -1.70. The number of sulfone groups is 1. The summed E-state index contributed by atoms with van der Waals surface area (Å²) in [6.45, 7) is 4.01. The van der Waals surface area contributed by atoms with Crippen molar-refractivity contribution in [2.45, 2.75) is 36.8 Å². The van der Waals surface area contributed by atoms with Gasteiger partial charge in [0.15, 0.2) is 14.9 Å². The Bertz CT molecular complexity index is 936. The number of piperidine rings is 2. The molecule has 3 heterocycles. The van der Waals surface area contributed by atoms with Crippen LogP contribution in [0.25, 0.3) is 17.0 Å². The lowest BCUT2D eigenvalue weighted by Gasteiger charge is -2.23. The van der Waals surface area contributed by atoms with E-state index in [0.717, 1.165) is 68.3 Å². The molecule has 0 unspecified atom stereocenters. The van der Waals surface area contributed by atoms with Crippen molar-refractivity contribution < 1.29 is 8.42 Å². The third kappa shape index (κ3) is 4.10. The lowest BCUT2D eigenvalue weighted by Crippen LogP contribution is -2.29. The van der Waals surface area contributed by atoms with Gasteiger partial charge in [-0.2, -0.15) is 5.10 Å². The molecule has 0 radical (unpaired) electrons. The Morgan fingerprint density at radius 2 is 1.74 bits per heavy atom. The fraction of sp³-hybridized carbons (Fsp3) is 0.550. The minimum absolute atomic E-state index is 0.202. The van der Waals surface area contributed by atoms with Gasteiger partial charge in [-0.15, -0.1) is 0 Å². The third-order valence-corrected chi connectivity index (χ3v) is 6.65. The molecule has 6 nitrogen and oxygen atoms in total. The van der Waals surface area contributed by atoms with Gasteiger partial charge in [-0.25, -0.2) is 8.42 Å². The van der Waals surface area contributed by atoms with Crippen molar-refractivity contribution in [1.29, 1.82) is 0 Å². The Morgan fingerprint density at radius 1 is 1.07 bits per heavy atom. The molecule has 7 heteroatoms. The lowest BCUT2D eigenvalue weighted by molar-refractivity contribution is 0.347. The van der Waals surface area contributed by atoms with Crippen molar-refractivity contribution >= 4 is 26.8 Å². The maximum absolute atomic E-state index is 12.3. The number of hydrogen-bond acceptors (Lipinski definition) is 5. The summed E-state index contributed by atoms with van der Waals surface area (Å²) in [5.74, 6) is 0.591. The Balaban J connectivity index is 1.71. The molecule has 0 saturated carbocycles. The van der Waals surface area contributed by atoms with Crippen molar-refractivity contribution in [1.82, 2.24) is 20.4 Å². The average Bonchev–Trinajstić information content (AvgIpc) is 3.07. The fourth-order valence-corrected chi connectivity index (χ4v) is 4.92. The monoisotopic (exact) mass is 388 g/mol. The molecule has 0 spiro atoms. The first kappa shape index (κ1) is 18.7. The molecular formula is C20H28N4O2S. The maximum atomic E-state index is 12.3. The average molecular weight is 389 g/mol. The molecule has 2 fully saturated rings. The van der Waals surface area contributed by atoms with Gasteiger partial charge in [0.05, 0.1) is 11.6 Å². The van der Waals surface area contributed by atoms with Gasteiger partial charge in [0.2, 0.25) is 0 Å². The zero-order chi connectivity index (χ0) is 18.9. The predicted octanol–water partition coefficient (Wildman–Crippen LogP) is 2.38. The summed E-state index contributed by atoms with van der Waals surface area (Å²) in [4.78, 5) is 0. The summed E-state index contributed by atoms with van der Waals surface area (Å²) in [5, 5.41) is 12.2. The molecule has 2 aliphatic rings. The first-order valence-corrected chi connectivity index (χ1v) is 11.7. The van der Waals surface area contributed by atoms with Crippen molar-refractivity contribution in [2.75, 3.05) is 32.4 Å². The molecule has 1 aromatic carbocycles. The van der Waals surface area contributed by atoms with E-state index in [1.807, 2.05) is 16.8 Å². The van der Waals surface area contributed by atoms with Crippen molar-refractivity contribution in [3.8, 4) is 0 Å². The third-order valence-electron chi connectivity index (χ3n) is 5.65. The lowest BCUT2D eigenvalue weighted by atomic mass is 9.97. The molecule has 2 aliphatic heterocycles. The number of hydrogen-bond donors (Lipinski definition) is 2. The zero-order valence-corrected chi connectivity index (χ0v) is 16.6. The number of allylic oxidation sites excluding steroid dienone is 1. The SMILES string of the molecule is CS(=O)(=O)c1nn(C2CCNCC2)c2ccc(/C=C\C3CCNCC3)cc12. The fourth-order valence-electron chi connectivity index (χ4n) is 4.12. The number of nitrogens with zero attached hydrogens (tertiary/aromatic N) is 2. The van der Waals surface area contributed by atoms with Crippen molar-refractivity contribution in [2.24, 2.45) is 5.92 Å². The van der Waals surface area contributed by atoms with Gasteiger partial charge in [-0.3, -0.25) is 4.68 Å². The maximum Gasteiger partial charge on any atom is 0.195 e. The van der Waals surface area contributed by atoms with Gasteiger partial charge in [0.25, 0.3) is 0 Å². The van der Waals surface area contributed by atoms with E-state index in [2.05, 4.69) is 34.0 Å². The minimum Gasteiger partial charge on any atom is -0.317 e. The zero-order valence-electron chi connectivity index (χ0n) is 15.8. The first-order chi connectivity index (χ1) is 13.0. The minimum atomic E-state index is -3.38. The van der Waals surface area contributed by atoms with E-state index in [1.165, 1.54) is 6.26 Å². The number of aromatic nitrogens is 2. The molecule has 146 valence electrons. The van der Waals surface area contributed by atoms with E-state index >= 15 is 0 Å². The highest BCUT2D eigenvalue weighted by molar-refractivity contribution is 7.90. The van der Waals surface area contributed by atoms with E-state index in [4.69, 9.17) is 0 Å². The van der Waals surface area contributed by atoms with E-state index in [1.54, 1.807) is 0 Å². The van der Waals surface area contributed by atoms with Crippen LogP contribution in [0.4, 0.5) is 0 Å². The van der Waals surface area contributed by atoms with Crippen LogP contribution in [0.15, 0.2) is 29.3 Å². The number of benzene rings is 1. The summed E-state index contributed by atoms with van der Waals surface area (Å²) in [5.41, 5.74) is 1.96. The van der Waals surface area contributed by atoms with Crippen LogP contribution >= 0.6 is 0 Å². The number of rotatable bonds is 4. The summed E-state index contributed by atoms with van der Waals surface area (Å²) in [7, 11) is -3.38. The molecule has 1 aromatic heterocycles. The predicted molar refractivity (Wildman–Crippen MR) is 109 cm³/mol. The largest absolute Gasteiger partial charge is 0.317 e. The van der Waals surface area contributed by atoms with Gasteiger partial charge in [-0.1, -0.05) is 18.2 Å². The highest BCUT2D eigenvalue weighted by Crippen LogP contribution is 2.30. The van der Waals surface area contributed by atoms with Crippen LogP contribution in [0.2, 0.25) is 0 Å². The highest BCUT2D eigenvalue weighted by Gasteiger charge is 2.24. The van der Waals surface area contributed by atoms with Crippen molar-refractivity contribution in [3.63, 3.8) is 0 Å². The second kappa shape index (κ2) is 7.73. The molecule has 4 rings (SSSR count). The number of fused-ring (bicyclic) bond motifs is 1. The Kier molecular flexibility index (Phi) is 5.34. The van der Waals surface area contributed by atoms with Gasteiger partial charge < -0.3 is 10.6 Å². The van der Waals surface area contributed by atoms with E-state index in [-0.39, 0.29) is 11.1 Å². The smallest absolute Gasteiger partial charge is 0.195 e.